The molecule has 0 bridgehead atoms. The van der Waals surface area contributed by atoms with Crippen molar-refractivity contribution in [3.63, 3.8) is 0 Å². The molecule has 0 spiro atoms. The summed E-state index contributed by atoms with van der Waals surface area (Å²) < 4.78 is 0. The zero-order valence-electron chi connectivity index (χ0n) is 12.7. The predicted molar refractivity (Wildman–Crippen MR) is 82.8 cm³/mol. The number of Topliss-reactive ketones (excluding diaryl/α,β-unsaturated/α-hetero) is 1. The molecule has 0 aliphatic carbocycles. The molecule has 1 amide bonds. The lowest BCUT2D eigenvalue weighted by Gasteiger charge is -2.32. The third kappa shape index (κ3) is 4.14. The van der Waals surface area contributed by atoms with E-state index < -0.39 is 6.04 Å². The van der Waals surface area contributed by atoms with Crippen LogP contribution in [0, 0.1) is 0 Å². The normalized spacial score (nSPS) is 17.7. The highest BCUT2D eigenvalue weighted by Crippen LogP contribution is 2.24. The van der Waals surface area contributed by atoms with E-state index in [1.807, 2.05) is 17.0 Å². The van der Waals surface area contributed by atoms with Crippen LogP contribution in [0.4, 0.5) is 0 Å². The van der Waals surface area contributed by atoms with Crippen molar-refractivity contribution in [2.24, 2.45) is 5.73 Å². The van der Waals surface area contributed by atoms with Crippen LogP contribution in [0.15, 0.2) is 24.3 Å². The molecule has 1 heterocycles. The maximum absolute atomic E-state index is 11.8. The van der Waals surface area contributed by atoms with Gasteiger partial charge in [-0.25, -0.2) is 0 Å². The summed E-state index contributed by atoms with van der Waals surface area (Å²) in [6.07, 6.45) is 4.44. The molecule has 1 unspecified atom stereocenters. The van der Waals surface area contributed by atoms with E-state index >= 15 is 0 Å². The lowest BCUT2D eigenvalue weighted by Crippen LogP contribution is -2.42. The molecule has 114 valence electrons. The number of rotatable bonds is 6. The summed E-state index contributed by atoms with van der Waals surface area (Å²) in [5.74, 6) is -0.0740. The van der Waals surface area contributed by atoms with Crippen molar-refractivity contribution >= 4 is 11.7 Å². The predicted octanol–water partition coefficient (Wildman–Crippen LogP) is 2.22. The highest BCUT2D eigenvalue weighted by molar-refractivity contribution is 5.83. The quantitative estimate of drug-likeness (QED) is 0.873. The number of nitrogens with two attached hydrogens (primary N) is 1. The highest BCUT2D eigenvalue weighted by atomic mass is 16.1. The molecule has 0 radical (unpaired) electrons. The SMILES string of the molecule is CCCCc1ccc(C(C(N)=O)N2CCC(=O)CC2)cc1. The van der Waals surface area contributed by atoms with Gasteiger partial charge in [-0.05, 0) is 24.0 Å². The minimum absolute atomic E-state index is 0.268. The van der Waals surface area contributed by atoms with Crippen LogP contribution in [0.5, 0.6) is 0 Å². The first kappa shape index (κ1) is 15.7. The number of benzene rings is 1. The number of piperidine rings is 1. The number of unbranched alkanes of at least 4 members (excludes halogenated alkanes) is 1. The van der Waals surface area contributed by atoms with Crippen LogP contribution in [0.25, 0.3) is 0 Å². The molecule has 1 aliphatic rings. The molecule has 1 saturated heterocycles. The van der Waals surface area contributed by atoms with Crippen molar-refractivity contribution in [2.75, 3.05) is 13.1 Å². The first-order chi connectivity index (χ1) is 10.1. The standard InChI is InChI=1S/C17H24N2O2/c1-2-3-4-13-5-7-14(8-6-13)16(17(18)21)19-11-9-15(20)10-12-19/h5-8,16H,2-4,9-12H2,1H3,(H2,18,21). The Morgan fingerprint density at radius 2 is 1.86 bits per heavy atom. The smallest absolute Gasteiger partial charge is 0.239 e. The Kier molecular flexibility index (Phi) is 5.51. The van der Waals surface area contributed by atoms with Crippen molar-refractivity contribution < 1.29 is 9.59 Å². The number of carbonyl (C=O) groups is 2. The van der Waals surface area contributed by atoms with Crippen LogP contribution in [0.2, 0.25) is 0 Å². The zero-order chi connectivity index (χ0) is 15.2. The van der Waals surface area contributed by atoms with Crippen molar-refractivity contribution in [3.8, 4) is 0 Å². The van der Waals surface area contributed by atoms with Crippen molar-refractivity contribution in [1.82, 2.24) is 4.90 Å². The van der Waals surface area contributed by atoms with Crippen LogP contribution in [-0.4, -0.2) is 29.7 Å². The summed E-state index contributed by atoms with van der Waals surface area (Å²) >= 11 is 0. The van der Waals surface area contributed by atoms with E-state index in [9.17, 15) is 9.59 Å². The van der Waals surface area contributed by atoms with Crippen LogP contribution in [-0.2, 0) is 16.0 Å². The molecule has 1 aromatic carbocycles. The first-order valence-electron chi connectivity index (χ1n) is 7.75. The molecule has 2 rings (SSSR count). The Labute approximate surface area is 126 Å². The number of hydrogen-bond acceptors (Lipinski definition) is 3. The van der Waals surface area contributed by atoms with Crippen LogP contribution in [0.3, 0.4) is 0 Å². The maximum Gasteiger partial charge on any atom is 0.239 e. The molecular weight excluding hydrogens is 264 g/mol. The molecule has 21 heavy (non-hydrogen) atoms. The Balaban J connectivity index is 2.11. The van der Waals surface area contributed by atoms with E-state index in [-0.39, 0.29) is 11.7 Å². The van der Waals surface area contributed by atoms with Gasteiger partial charge in [0.05, 0.1) is 0 Å². The maximum atomic E-state index is 11.8. The minimum atomic E-state index is -0.418. The van der Waals surface area contributed by atoms with E-state index in [2.05, 4.69) is 19.1 Å². The lowest BCUT2D eigenvalue weighted by atomic mass is 9.98. The molecule has 0 saturated carbocycles. The van der Waals surface area contributed by atoms with E-state index in [0.717, 1.165) is 12.0 Å². The van der Waals surface area contributed by atoms with E-state index in [1.54, 1.807) is 0 Å². The van der Waals surface area contributed by atoms with Gasteiger partial charge in [0.1, 0.15) is 11.8 Å². The minimum Gasteiger partial charge on any atom is -0.368 e. The number of likely N-dealkylation sites (tertiary alicyclic amines) is 1. The molecule has 1 aliphatic heterocycles. The second-order valence-corrected chi connectivity index (χ2v) is 5.72. The van der Waals surface area contributed by atoms with Gasteiger partial charge in [-0.15, -0.1) is 0 Å². The van der Waals surface area contributed by atoms with Gasteiger partial charge >= 0.3 is 0 Å². The van der Waals surface area contributed by atoms with Crippen LogP contribution < -0.4 is 5.73 Å². The molecule has 2 N–H and O–H groups in total. The lowest BCUT2D eigenvalue weighted by molar-refractivity contribution is -0.128. The fraction of sp³-hybridized carbons (Fsp3) is 0.529. The largest absolute Gasteiger partial charge is 0.368 e. The van der Waals surface area contributed by atoms with Crippen molar-refractivity contribution in [2.45, 2.75) is 45.1 Å². The van der Waals surface area contributed by atoms with Crippen molar-refractivity contribution in [3.05, 3.63) is 35.4 Å². The molecule has 4 heteroatoms. The average Bonchev–Trinajstić information content (AvgIpc) is 2.48. The van der Waals surface area contributed by atoms with Gasteiger partial charge in [-0.2, -0.15) is 0 Å². The van der Waals surface area contributed by atoms with Gasteiger partial charge in [0.25, 0.3) is 0 Å². The molecule has 1 atom stereocenters. The van der Waals surface area contributed by atoms with Gasteiger partial charge in [-0.1, -0.05) is 37.6 Å². The summed E-state index contributed by atoms with van der Waals surface area (Å²) in [7, 11) is 0. The van der Waals surface area contributed by atoms with E-state index in [0.29, 0.717) is 25.9 Å². The third-order valence-electron chi connectivity index (χ3n) is 4.10. The van der Waals surface area contributed by atoms with Crippen LogP contribution in [0.1, 0.15) is 49.8 Å². The third-order valence-corrected chi connectivity index (χ3v) is 4.10. The number of amides is 1. The number of carbonyl (C=O) groups excluding carboxylic acids is 2. The molecular formula is C17H24N2O2. The molecule has 1 aromatic rings. The van der Waals surface area contributed by atoms with Gasteiger partial charge in [0.15, 0.2) is 0 Å². The highest BCUT2D eigenvalue weighted by Gasteiger charge is 2.28. The number of hydrogen-bond donors (Lipinski definition) is 1. The van der Waals surface area contributed by atoms with E-state index in [1.165, 1.54) is 18.4 Å². The Bertz CT molecular complexity index is 486. The van der Waals surface area contributed by atoms with Crippen molar-refractivity contribution in [1.29, 1.82) is 0 Å². The fourth-order valence-corrected chi connectivity index (χ4v) is 2.83. The van der Waals surface area contributed by atoms with Gasteiger partial charge < -0.3 is 5.73 Å². The summed E-state index contributed by atoms with van der Waals surface area (Å²) in [4.78, 5) is 25.2. The van der Waals surface area contributed by atoms with Gasteiger partial charge in [-0.3, -0.25) is 14.5 Å². The topological polar surface area (TPSA) is 63.4 Å². The second kappa shape index (κ2) is 7.36. The first-order valence-corrected chi connectivity index (χ1v) is 7.75. The number of nitrogens with zero attached hydrogens (tertiary/aromatic N) is 1. The Morgan fingerprint density at radius 3 is 2.38 bits per heavy atom. The number of ketones is 1. The monoisotopic (exact) mass is 288 g/mol. The summed E-state index contributed by atoms with van der Waals surface area (Å²) in [5, 5.41) is 0. The number of aryl methyl sites for hydroxylation is 1. The van der Waals surface area contributed by atoms with Gasteiger partial charge in [0.2, 0.25) is 5.91 Å². The second-order valence-electron chi connectivity index (χ2n) is 5.72. The van der Waals surface area contributed by atoms with Gasteiger partial charge in [0, 0.05) is 25.9 Å². The Hall–Kier alpha value is -1.68. The molecule has 1 fully saturated rings. The Morgan fingerprint density at radius 1 is 1.24 bits per heavy atom. The number of primary amides is 1. The molecule has 4 nitrogen and oxygen atoms in total. The summed E-state index contributed by atoms with van der Waals surface area (Å²) in [6, 6.07) is 7.73. The molecule has 0 aromatic heterocycles. The summed E-state index contributed by atoms with van der Waals surface area (Å²) in [6.45, 7) is 3.41. The zero-order valence-corrected chi connectivity index (χ0v) is 12.7. The van der Waals surface area contributed by atoms with E-state index in [4.69, 9.17) is 5.73 Å². The summed E-state index contributed by atoms with van der Waals surface area (Å²) in [5.41, 5.74) is 7.80. The van der Waals surface area contributed by atoms with Crippen LogP contribution >= 0.6 is 0 Å². The fourth-order valence-electron chi connectivity index (χ4n) is 2.83. The average molecular weight is 288 g/mol.